The molecule has 0 saturated carbocycles. The summed E-state index contributed by atoms with van der Waals surface area (Å²) in [5, 5.41) is 12.6. The van der Waals surface area contributed by atoms with Crippen molar-refractivity contribution in [2.24, 2.45) is 0 Å². The number of carboxylic acid groups (broad SMARTS) is 1. The molecule has 0 fully saturated rings. The van der Waals surface area contributed by atoms with Crippen molar-refractivity contribution in [3.8, 4) is 0 Å². The number of nitrogens with one attached hydrogen (secondary N) is 1. The second kappa shape index (κ2) is 4.18. The first-order valence-electron chi connectivity index (χ1n) is 5.01. The number of benzene rings is 1. The van der Waals surface area contributed by atoms with Gasteiger partial charge >= 0.3 is 5.97 Å². The van der Waals surface area contributed by atoms with Crippen LogP contribution in [0.4, 0.5) is 5.69 Å². The number of pyridine rings is 1. The number of fused-ring (bicyclic) bond motifs is 1. The van der Waals surface area contributed by atoms with Gasteiger partial charge in [0.1, 0.15) is 6.04 Å². The Morgan fingerprint density at radius 3 is 2.94 bits per heavy atom. The number of nitrogens with zero attached hydrogens (tertiary/aromatic N) is 1. The number of carbonyl (C=O) groups is 1. The van der Waals surface area contributed by atoms with E-state index in [9.17, 15) is 4.79 Å². The molecule has 1 aromatic heterocycles. The molecule has 4 heteroatoms. The summed E-state index contributed by atoms with van der Waals surface area (Å²) in [6, 6.07) is 8.97. The molecule has 2 aromatic rings. The molecule has 0 radical (unpaired) electrons. The highest BCUT2D eigenvalue weighted by Gasteiger charge is 2.10. The van der Waals surface area contributed by atoms with Crippen LogP contribution in [0.25, 0.3) is 10.9 Å². The first-order chi connectivity index (χ1) is 7.66. The normalized spacial score (nSPS) is 12.3. The van der Waals surface area contributed by atoms with Gasteiger partial charge in [-0.15, -0.1) is 0 Å². The Morgan fingerprint density at radius 2 is 2.19 bits per heavy atom. The number of aliphatic carboxylic acids is 1. The first kappa shape index (κ1) is 10.4. The maximum Gasteiger partial charge on any atom is 0.325 e. The third-order valence-corrected chi connectivity index (χ3v) is 2.34. The summed E-state index contributed by atoms with van der Waals surface area (Å²) in [4.78, 5) is 14.9. The van der Waals surface area contributed by atoms with Crippen LogP contribution >= 0.6 is 0 Å². The average molecular weight is 216 g/mol. The lowest BCUT2D eigenvalue weighted by Crippen LogP contribution is -2.25. The third-order valence-electron chi connectivity index (χ3n) is 2.34. The van der Waals surface area contributed by atoms with Crippen LogP contribution in [0.15, 0.2) is 36.5 Å². The van der Waals surface area contributed by atoms with Gasteiger partial charge in [-0.25, -0.2) is 0 Å². The minimum atomic E-state index is -0.881. The van der Waals surface area contributed by atoms with Crippen LogP contribution in [0.2, 0.25) is 0 Å². The van der Waals surface area contributed by atoms with E-state index in [1.165, 1.54) is 0 Å². The second-order valence-electron chi connectivity index (χ2n) is 3.62. The molecule has 2 rings (SSSR count). The number of para-hydroxylation sites is 1. The fourth-order valence-corrected chi connectivity index (χ4v) is 1.46. The fraction of sp³-hybridized carbons (Fsp3) is 0.167. The lowest BCUT2D eigenvalue weighted by atomic mass is 10.2. The summed E-state index contributed by atoms with van der Waals surface area (Å²) in [6.07, 6.45) is 1.64. The molecule has 1 aromatic carbocycles. The monoisotopic (exact) mass is 216 g/mol. The molecule has 0 bridgehead atoms. The van der Waals surface area contributed by atoms with Crippen molar-refractivity contribution in [2.45, 2.75) is 13.0 Å². The van der Waals surface area contributed by atoms with Crippen LogP contribution in [0.1, 0.15) is 6.92 Å². The van der Waals surface area contributed by atoms with Crippen LogP contribution in [0.3, 0.4) is 0 Å². The maximum absolute atomic E-state index is 10.7. The predicted molar refractivity (Wildman–Crippen MR) is 62.5 cm³/mol. The summed E-state index contributed by atoms with van der Waals surface area (Å²) in [5.74, 6) is -0.881. The van der Waals surface area contributed by atoms with Crippen LogP contribution in [-0.4, -0.2) is 22.1 Å². The molecule has 1 atom stereocenters. The number of carboxylic acids is 1. The highest BCUT2D eigenvalue weighted by atomic mass is 16.4. The minimum Gasteiger partial charge on any atom is -0.480 e. The quantitative estimate of drug-likeness (QED) is 0.824. The van der Waals surface area contributed by atoms with E-state index in [-0.39, 0.29) is 0 Å². The first-order valence-corrected chi connectivity index (χ1v) is 5.01. The Morgan fingerprint density at radius 1 is 1.44 bits per heavy atom. The van der Waals surface area contributed by atoms with E-state index < -0.39 is 12.0 Å². The van der Waals surface area contributed by atoms with E-state index in [2.05, 4.69) is 10.3 Å². The number of aromatic nitrogens is 1. The molecule has 82 valence electrons. The third kappa shape index (κ3) is 2.11. The lowest BCUT2D eigenvalue weighted by molar-refractivity contribution is -0.137. The molecule has 0 aliphatic heterocycles. The fourth-order valence-electron chi connectivity index (χ4n) is 1.46. The van der Waals surface area contributed by atoms with E-state index in [4.69, 9.17) is 5.11 Å². The van der Waals surface area contributed by atoms with Crippen molar-refractivity contribution < 1.29 is 9.90 Å². The van der Waals surface area contributed by atoms with E-state index in [1.54, 1.807) is 13.1 Å². The van der Waals surface area contributed by atoms with Crippen molar-refractivity contribution in [3.05, 3.63) is 36.5 Å². The highest BCUT2D eigenvalue weighted by Crippen LogP contribution is 2.16. The van der Waals surface area contributed by atoms with Crippen molar-refractivity contribution in [1.82, 2.24) is 4.98 Å². The van der Waals surface area contributed by atoms with E-state index in [0.717, 1.165) is 10.9 Å². The van der Waals surface area contributed by atoms with Crippen molar-refractivity contribution >= 4 is 22.6 Å². The Bertz CT molecular complexity index is 525. The Hall–Kier alpha value is -2.10. The second-order valence-corrected chi connectivity index (χ2v) is 3.62. The molecule has 0 spiro atoms. The number of anilines is 1. The molecule has 0 amide bonds. The van der Waals surface area contributed by atoms with Gasteiger partial charge in [0, 0.05) is 5.39 Å². The van der Waals surface area contributed by atoms with Gasteiger partial charge in [0.25, 0.3) is 0 Å². The maximum atomic E-state index is 10.7. The zero-order valence-electron chi connectivity index (χ0n) is 8.84. The molecule has 1 heterocycles. The van der Waals surface area contributed by atoms with Crippen LogP contribution in [0.5, 0.6) is 0 Å². The van der Waals surface area contributed by atoms with Crippen molar-refractivity contribution in [1.29, 1.82) is 0 Å². The Labute approximate surface area is 92.9 Å². The summed E-state index contributed by atoms with van der Waals surface area (Å²) < 4.78 is 0. The molecule has 2 N–H and O–H groups in total. The molecule has 16 heavy (non-hydrogen) atoms. The molecule has 4 nitrogen and oxygen atoms in total. The van der Waals surface area contributed by atoms with Crippen molar-refractivity contribution in [3.63, 3.8) is 0 Å². The van der Waals surface area contributed by atoms with Crippen LogP contribution in [-0.2, 0) is 4.79 Å². The smallest absolute Gasteiger partial charge is 0.325 e. The topological polar surface area (TPSA) is 62.2 Å². The van der Waals surface area contributed by atoms with Gasteiger partial charge in [-0.1, -0.05) is 18.2 Å². The SMILES string of the molecule is CC(Nc1cnc2ccccc2c1)C(=O)O. The van der Waals surface area contributed by atoms with Gasteiger partial charge in [0.15, 0.2) is 0 Å². The summed E-state index contributed by atoms with van der Waals surface area (Å²) in [6.45, 7) is 1.59. The average Bonchev–Trinajstić information content (AvgIpc) is 2.28. The molecule has 0 aliphatic carbocycles. The summed E-state index contributed by atoms with van der Waals surface area (Å²) >= 11 is 0. The van der Waals surface area contributed by atoms with Gasteiger partial charge in [0.05, 0.1) is 17.4 Å². The lowest BCUT2D eigenvalue weighted by Gasteiger charge is -2.10. The van der Waals surface area contributed by atoms with E-state index in [1.807, 2.05) is 30.3 Å². The Balaban J connectivity index is 2.29. The van der Waals surface area contributed by atoms with Gasteiger partial charge < -0.3 is 10.4 Å². The molecule has 0 aliphatic rings. The minimum absolute atomic E-state index is 0.622. The standard InChI is InChI=1S/C12H12N2O2/c1-8(12(15)16)14-10-6-9-4-2-3-5-11(9)13-7-10/h2-8,14H,1H3,(H,15,16). The zero-order chi connectivity index (χ0) is 11.5. The molecule has 1 unspecified atom stereocenters. The molecular weight excluding hydrogens is 204 g/mol. The largest absolute Gasteiger partial charge is 0.480 e. The molecule has 0 saturated heterocycles. The van der Waals surface area contributed by atoms with E-state index >= 15 is 0 Å². The number of rotatable bonds is 3. The highest BCUT2D eigenvalue weighted by molar-refractivity contribution is 5.83. The van der Waals surface area contributed by atoms with Gasteiger partial charge in [-0.3, -0.25) is 9.78 Å². The summed E-state index contributed by atoms with van der Waals surface area (Å²) in [7, 11) is 0. The van der Waals surface area contributed by atoms with Crippen LogP contribution < -0.4 is 5.32 Å². The van der Waals surface area contributed by atoms with Gasteiger partial charge in [0.2, 0.25) is 0 Å². The zero-order valence-corrected chi connectivity index (χ0v) is 8.84. The van der Waals surface area contributed by atoms with Crippen molar-refractivity contribution in [2.75, 3.05) is 5.32 Å². The number of hydrogen-bond acceptors (Lipinski definition) is 3. The van der Waals surface area contributed by atoms with E-state index in [0.29, 0.717) is 5.69 Å². The Kier molecular flexibility index (Phi) is 2.72. The van der Waals surface area contributed by atoms with Gasteiger partial charge in [-0.05, 0) is 19.1 Å². The number of hydrogen-bond donors (Lipinski definition) is 2. The van der Waals surface area contributed by atoms with Gasteiger partial charge in [-0.2, -0.15) is 0 Å². The summed E-state index contributed by atoms with van der Waals surface area (Å²) in [5.41, 5.74) is 1.62. The van der Waals surface area contributed by atoms with Crippen LogP contribution in [0, 0.1) is 0 Å². The molecular formula is C12H12N2O2. The predicted octanol–water partition coefficient (Wildman–Crippen LogP) is 2.12.